The average molecular weight is 395 g/mol. The van der Waals surface area contributed by atoms with E-state index >= 15 is 0 Å². The number of nitrogens with zero attached hydrogens (tertiary/aromatic N) is 7. The Morgan fingerprint density at radius 3 is 2.64 bits per heavy atom. The molecule has 28 heavy (non-hydrogen) atoms. The zero-order chi connectivity index (χ0) is 20.3. The summed E-state index contributed by atoms with van der Waals surface area (Å²) in [7, 11) is 0. The van der Waals surface area contributed by atoms with Gasteiger partial charge in [-0.2, -0.15) is 38.3 Å². The van der Waals surface area contributed by atoms with E-state index in [2.05, 4.69) is 42.6 Å². The first-order valence-electron chi connectivity index (χ1n) is 8.58. The maximum absolute atomic E-state index is 13.1. The first-order chi connectivity index (χ1) is 13.3. The van der Waals surface area contributed by atoms with Gasteiger partial charge in [0.05, 0.1) is 48.1 Å². The third-order valence-electron chi connectivity index (χ3n) is 4.26. The number of allylic oxidation sites excluding steroid dienone is 1. The molecule has 0 spiro atoms. The predicted molar refractivity (Wildman–Crippen MR) is 98.0 cm³/mol. The van der Waals surface area contributed by atoms with Gasteiger partial charge in [0.2, 0.25) is 5.96 Å². The first kappa shape index (κ1) is 19.6. The number of hydrogen-bond donors (Lipinski definition) is 2. The molecule has 2 N–H and O–H groups in total. The zero-order valence-corrected chi connectivity index (χ0v) is 15.4. The highest BCUT2D eigenvalue weighted by Gasteiger charge is 2.33. The van der Waals surface area contributed by atoms with E-state index in [1.165, 1.54) is 0 Å². The number of hydrogen-bond acceptors (Lipinski definition) is 5. The Morgan fingerprint density at radius 1 is 1.32 bits per heavy atom. The van der Waals surface area contributed by atoms with E-state index in [4.69, 9.17) is 0 Å². The number of halogens is 3. The fourth-order valence-electron chi connectivity index (χ4n) is 2.83. The smallest absolute Gasteiger partial charge is 0.370 e. The largest absolute Gasteiger partial charge is 0.415 e. The minimum Gasteiger partial charge on any atom is -0.370 e. The molecule has 2 aromatic heterocycles. The van der Waals surface area contributed by atoms with Gasteiger partial charge >= 0.3 is 6.18 Å². The number of aromatic nitrogens is 5. The van der Waals surface area contributed by atoms with Crippen LogP contribution in [0.25, 0.3) is 0 Å². The third-order valence-corrected chi connectivity index (χ3v) is 4.26. The first-order valence-corrected chi connectivity index (χ1v) is 8.58. The Morgan fingerprint density at radius 2 is 2.04 bits per heavy atom. The monoisotopic (exact) mass is 395 g/mol. The van der Waals surface area contributed by atoms with E-state index in [1.54, 1.807) is 35.0 Å². The van der Waals surface area contributed by atoms with Crippen LogP contribution in [0.2, 0.25) is 0 Å². The van der Waals surface area contributed by atoms with E-state index in [9.17, 15) is 13.2 Å². The minimum atomic E-state index is -4.50. The minimum absolute atomic E-state index is 0.0148. The lowest BCUT2D eigenvalue weighted by Crippen LogP contribution is -2.22. The van der Waals surface area contributed by atoms with Gasteiger partial charge in [-0.15, -0.1) is 0 Å². The summed E-state index contributed by atoms with van der Waals surface area (Å²) < 4.78 is 40.9. The number of anilines is 1. The van der Waals surface area contributed by atoms with Crippen molar-refractivity contribution in [2.45, 2.75) is 39.0 Å². The molecule has 0 bridgehead atoms. The molecule has 3 rings (SSSR count). The quantitative estimate of drug-likeness (QED) is 0.597. The van der Waals surface area contributed by atoms with Crippen LogP contribution in [0.1, 0.15) is 25.6 Å². The summed E-state index contributed by atoms with van der Waals surface area (Å²) >= 11 is 0. The second-order valence-electron chi connectivity index (χ2n) is 6.11. The van der Waals surface area contributed by atoms with Crippen LogP contribution < -0.4 is 10.6 Å². The second kappa shape index (κ2) is 7.82. The number of fused-ring (bicyclic) bond motifs is 1. The second-order valence-corrected chi connectivity index (χ2v) is 6.11. The van der Waals surface area contributed by atoms with Crippen LogP contribution in [0.3, 0.4) is 0 Å². The number of alkyl halides is 3. The van der Waals surface area contributed by atoms with Gasteiger partial charge in [0.1, 0.15) is 5.82 Å². The molecule has 1 atom stereocenters. The van der Waals surface area contributed by atoms with E-state index in [-0.39, 0.29) is 24.4 Å². The number of rotatable bonds is 5. The van der Waals surface area contributed by atoms with Crippen LogP contribution in [0, 0.1) is 0 Å². The molecule has 3 heterocycles. The van der Waals surface area contributed by atoms with Crippen LogP contribution in [-0.4, -0.2) is 50.2 Å². The van der Waals surface area contributed by atoms with Crippen molar-refractivity contribution in [3.8, 4) is 0 Å². The van der Waals surface area contributed by atoms with E-state index < -0.39 is 11.7 Å². The maximum Gasteiger partial charge on any atom is 0.415 e. The van der Waals surface area contributed by atoms with Crippen molar-refractivity contribution in [3.05, 3.63) is 35.7 Å². The van der Waals surface area contributed by atoms with Crippen LogP contribution in [0.15, 0.2) is 40.0 Å². The molecule has 0 amide bonds. The van der Waals surface area contributed by atoms with Crippen molar-refractivity contribution >= 4 is 18.4 Å². The molecule has 0 saturated carbocycles. The molecular weight excluding hydrogens is 375 g/mol. The topological polar surface area (TPSA) is 97.3 Å². The summed E-state index contributed by atoms with van der Waals surface area (Å²) in [5.74, 6) is -0.372. The van der Waals surface area contributed by atoms with Gasteiger partial charge in [-0.25, -0.2) is 4.99 Å². The Balaban J connectivity index is 1.83. The Labute approximate surface area is 159 Å². The molecule has 9 nitrogen and oxygen atoms in total. The van der Waals surface area contributed by atoms with Gasteiger partial charge < -0.3 is 10.6 Å². The third kappa shape index (κ3) is 4.05. The van der Waals surface area contributed by atoms with Crippen molar-refractivity contribution in [2.24, 2.45) is 9.98 Å². The SMILES string of the molecule is C=NC(=N/C(NCC)=C(\C)C(F)(F)F)Nc1cnn2c1C[C@@H](n1nccn1)C2. The Hall–Kier alpha value is -3.18. The van der Waals surface area contributed by atoms with E-state index in [1.807, 2.05) is 0 Å². The van der Waals surface area contributed by atoms with Crippen molar-refractivity contribution in [1.82, 2.24) is 30.1 Å². The van der Waals surface area contributed by atoms with E-state index in [0.717, 1.165) is 12.6 Å². The number of nitrogens with one attached hydrogen (secondary N) is 2. The molecule has 0 radical (unpaired) electrons. The molecule has 150 valence electrons. The number of guanidine groups is 1. The lowest BCUT2D eigenvalue weighted by molar-refractivity contribution is -0.0925. The van der Waals surface area contributed by atoms with Crippen LogP contribution in [0.4, 0.5) is 18.9 Å². The summed E-state index contributed by atoms with van der Waals surface area (Å²) in [6.45, 7) is 6.91. The Bertz CT molecular complexity index is 893. The van der Waals surface area contributed by atoms with Gasteiger partial charge in [-0.3, -0.25) is 4.68 Å². The maximum atomic E-state index is 13.1. The van der Waals surface area contributed by atoms with Crippen LogP contribution in [-0.2, 0) is 13.0 Å². The highest BCUT2D eigenvalue weighted by atomic mass is 19.4. The standard InChI is InChI=1S/C16H20F3N9/c1-4-21-14(10(2)16(17,18)19)26-15(20-3)25-12-8-24-27-9-11(7-13(12)27)28-22-5-6-23-28/h5-6,8,11,21H,3-4,7,9H2,1-2H3,(H,25,26)/b14-10+/t11-/m1/s1. The normalized spacial score (nSPS) is 17.9. The molecule has 0 aromatic carbocycles. The van der Waals surface area contributed by atoms with Crippen molar-refractivity contribution in [1.29, 1.82) is 0 Å². The summed E-state index contributed by atoms with van der Waals surface area (Å²) in [5, 5.41) is 18.1. The number of aliphatic imine (C=N–C) groups is 2. The van der Waals surface area contributed by atoms with Gasteiger partial charge in [-0.1, -0.05) is 0 Å². The fraction of sp³-hybridized carbons (Fsp3) is 0.438. The molecule has 0 saturated heterocycles. The van der Waals surface area contributed by atoms with Crippen LogP contribution >= 0.6 is 0 Å². The van der Waals surface area contributed by atoms with E-state index in [0.29, 0.717) is 18.7 Å². The van der Waals surface area contributed by atoms with Crippen molar-refractivity contribution in [3.63, 3.8) is 0 Å². The summed E-state index contributed by atoms with van der Waals surface area (Å²) in [5.41, 5.74) is 0.615. The molecule has 0 aliphatic carbocycles. The van der Waals surface area contributed by atoms with Crippen molar-refractivity contribution < 1.29 is 13.2 Å². The average Bonchev–Trinajstić information content (AvgIpc) is 3.36. The molecule has 0 fully saturated rings. The molecule has 0 unspecified atom stereocenters. The van der Waals surface area contributed by atoms with Gasteiger partial charge in [0, 0.05) is 13.0 Å². The highest BCUT2D eigenvalue weighted by molar-refractivity contribution is 5.97. The van der Waals surface area contributed by atoms with Crippen molar-refractivity contribution in [2.75, 3.05) is 11.9 Å². The summed E-state index contributed by atoms with van der Waals surface area (Å²) in [4.78, 5) is 9.31. The Kier molecular flexibility index (Phi) is 5.47. The molecule has 12 heteroatoms. The lowest BCUT2D eigenvalue weighted by Gasteiger charge is -2.13. The highest BCUT2D eigenvalue weighted by Crippen LogP contribution is 2.30. The van der Waals surface area contributed by atoms with Gasteiger partial charge in [0.15, 0.2) is 0 Å². The van der Waals surface area contributed by atoms with Gasteiger partial charge in [-0.05, 0) is 20.6 Å². The lowest BCUT2D eigenvalue weighted by atomic mass is 10.2. The predicted octanol–water partition coefficient (Wildman–Crippen LogP) is 2.14. The molecular formula is C16H20F3N9. The summed E-state index contributed by atoms with van der Waals surface area (Å²) in [6.07, 6.45) is 0.888. The molecule has 1 aliphatic heterocycles. The molecule has 2 aromatic rings. The zero-order valence-electron chi connectivity index (χ0n) is 15.4. The van der Waals surface area contributed by atoms with Crippen LogP contribution in [0.5, 0.6) is 0 Å². The van der Waals surface area contributed by atoms with Gasteiger partial charge in [0.25, 0.3) is 0 Å². The molecule has 1 aliphatic rings. The summed E-state index contributed by atoms with van der Waals surface area (Å²) in [6, 6.07) is 0.0148. The fourth-order valence-corrected chi connectivity index (χ4v) is 2.83.